The van der Waals surface area contributed by atoms with Crippen molar-refractivity contribution >= 4 is 6.09 Å². The lowest BCUT2D eigenvalue weighted by Crippen LogP contribution is -2.17. The Kier molecular flexibility index (Phi) is 4.82. The zero-order chi connectivity index (χ0) is 13.6. The maximum atomic E-state index is 11.9. The minimum atomic E-state index is -4.71. The fourth-order valence-electron chi connectivity index (χ4n) is 1.12. The first-order valence-electron chi connectivity index (χ1n) is 5.09. The molecule has 0 fully saturated rings. The largest absolute Gasteiger partial charge is 0.573 e. The number of ether oxygens (including phenoxy) is 2. The summed E-state index contributed by atoms with van der Waals surface area (Å²) in [5, 5.41) is 3.56. The van der Waals surface area contributed by atoms with Crippen molar-refractivity contribution in [1.29, 1.82) is 0 Å². The molecule has 18 heavy (non-hydrogen) atoms. The van der Waals surface area contributed by atoms with Crippen LogP contribution in [0.4, 0.5) is 18.0 Å². The molecule has 1 amide bonds. The summed E-state index contributed by atoms with van der Waals surface area (Å²) in [5.41, 5.74) is 0.581. The van der Waals surface area contributed by atoms with Crippen LogP contribution in [0, 0.1) is 0 Å². The number of nitrogens with zero attached hydrogens (tertiary/aromatic N) is 1. The van der Waals surface area contributed by atoms with Gasteiger partial charge >= 0.3 is 12.5 Å². The minimum Gasteiger partial charge on any atom is -0.448 e. The van der Waals surface area contributed by atoms with Crippen molar-refractivity contribution < 1.29 is 27.4 Å². The Labute approximate surface area is 102 Å². The van der Waals surface area contributed by atoms with Crippen LogP contribution in [0.2, 0.25) is 0 Å². The minimum absolute atomic E-state index is 0.0468. The first kappa shape index (κ1) is 14.1. The van der Waals surface area contributed by atoms with E-state index in [0.29, 0.717) is 5.56 Å². The predicted molar refractivity (Wildman–Crippen MR) is 56.0 cm³/mol. The summed E-state index contributed by atoms with van der Waals surface area (Å²) < 4.78 is 43.9. The highest BCUT2D eigenvalue weighted by Gasteiger charge is 2.30. The van der Waals surface area contributed by atoms with Crippen molar-refractivity contribution in [2.24, 2.45) is 0 Å². The summed E-state index contributed by atoms with van der Waals surface area (Å²) in [4.78, 5) is 10.9. The molecule has 0 unspecified atom stereocenters. The highest BCUT2D eigenvalue weighted by Crippen LogP contribution is 2.22. The molecule has 0 N–H and O–H groups in total. The number of hydrogen-bond donors (Lipinski definition) is 0. The Morgan fingerprint density at radius 1 is 1.28 bits per heavy atom. The molecule has 0 heterocycles. The number of hydrogen-bond acceptors (Lipinski definition) is 3. The van der Waals surface area contributed by atoms with Crippen LogP contribution in [-0.2, 0) is 11.3 Å². The summed E-state index contributed by atoms with van der Waals surface area (Å²) in [6.45, 7) is 1.92. The highest BCUT2D eigenvalue weighted by molar-refractivity contribution is 5.66. The molecule has 0 aliphatic heterocycles. The van der Waals surface area contributed by atoms with Crippen molar-refractivity contribution in [1.82, 2.24) is 5.32 Å². The van der Waals surface area contributed by atoms with E-state index < -0.39 is 12.5 Å². The number of amides is 1. The van der Waals surface area contributed by atoms with E-state index in [0.717, 1.165) is 12.1 Å². The van der Waals surface area contributed by atoms with Gasteiger partial charge in [0.1, 0.15) is 5.75 Å². The molecule has 0 saturated heterocycles. The molecule has 0 atom stereocenters. The summed E-state index contributed by atoms with van der Waals surface area (Å²) in [7, 11) is 0. The maximum absolute atomic E-state index is 11.9. The first-order chi connectivity index (χ1) is 8.40. The Morgan fingerprint density at radius 3 is 2.39 bits per heavy atom. The maximum Gasteiger partial charge on any atom is 0.573 e. The number of rotatable bonds is 4. The first-order valence-corrected chi connectivity index (χ1v) is 5.09. The zero-order valence-electron chi connectivity index (χ0n) is 9.53. The highest BCUT2D eigenvalue weighted by atomic mass is 19.4. The van der Waals surface area contributed by atoms with E-state index in [9.17, 15) is 18.0 Å². The van der Waals surface area contributed by atoms with Crippen LogP contribution in [0.5, 0.6) is 5.75 Å². The van der Waals surface area contributed by atoms with Gasteiger partial charge in [0.25, 0.3) is 0 Å². The lowest BCUT2D eigenvalue weighted by atomic mass is 10.2. The molecule has 0 spiro atoms. The average Bonchev–Trinajstić information content (AvgIpc) is 2.26. The number of carbonyl (C=O) groups is 1. The van der Waals surface area contributed by atoms with Crippen molar-refractivity contribution in [3.8, 4) is 5.75 Å². The fourth-order valence-corrected chi connectivity index (χ4v) is 1.12. The molecule has 0 aliphatic rings. The topological polar surface area (TPSA) is 49.6 Å². The quantitative estimate of drug-likeness (QED) is 0.838. The Hall–Kier alpha value is -1.92. The van der Waals surface area contributed by atoms with Gasteiger partial charge in [0, 0.05) is 0 Å². The third-order valence-corrected chi connectivity index (χ3v) is 1.82. The zero-order valence-corrected chi connectivity index (χ0v) is 9.53. The number of benzene rings is 1. The van der Waals surface area contributed by atoms with Crippen molar-refractivity contribution in [2.45, 2.75) is 19.8 Å². The van der Waals surface area contributed by atoms with Gasteiger partial charge in [-0.05, 0) is 24.6 Å². The summed E-state index contributed by atoms with van der Waals surface area (Å²) in [6.07, 6.45) is -5.41. The molecule has 99 valence electrons. The standard InChI is InChI=1S/C11H11F3NO3/c1-2-17-10(16)15-7-8-3-5-9(6-4-8)18-11(12,13)14/h3-6H,2,7H2,1H3. The Balaban J connectivity index is 2.48. The van der Waals surface area contributed by atoms with Gasteiger partial charge in [-0.2, -0.15) is 0 Å². The number of alkyl halides is 3. The van der Waals surface area contributed by atoms with Crippen molar-refractivity contribution in [2.75, 3.05) is 6.61 Å². The second-order valence-electron chi connectivity index (χ2n) is 3.21. The van der Waals surface area contributed by atoms with Gasteiger partial charge in [0.05, 0.1) is 13.2 Å². The molecule has 1 aromatic rings. The van der Waals surface area contributed by atoms with Gasteiger partial charge in [0.2, 0.25) is 0 Å². The fraction of sp³-hybridized carbons (Fsp3) is 0.364. The molecule has 0 aromatic heterocycles. The van der Waals surface area contributed by atoms with E-state index in [-0.39, 0.29) is 18.9 Å². The van der Waals surface area contributed by atoms with Gasteiger partial charge in [-0.15, -0.1) is 13.2 Å². The number of halogens is 3. The molecule has 1 aromatic carbocycles. The van der Waals surface area contributed by atoms with E-state index in [1.807, 2.05) is 0 Å². The molecule has 1 radical (unpaired) electrons. The molecule has 7 heteroatoms. The SMILES string of the molecule is CCOC(=O)[N]Cc1ccc(OC(F)(F)F)cc1. The third kappa shape index (κ3) is 5.42. The van der Waals surface area contributed by atoms with E-state index in [1.54, 1.807) is 6.92 Å². The van der Waals surface area contributed by atoms with Gasteiger partial charge in [0.15, 0.2) is 0 Å². The van der Waals surface area contributed by atoms with E-state index in [1.165, 1.54) is 12.1 Å². The van der Waals surface area contributed by atoms with Crippen LogP contribution in [-0.4, -0.2) is 19.1 Å². The van der Waals surface area contributed by atoms with Crippen LogP contribution in [0.25, 0.3) is 0 Å². The monoisotopic (exact) mass is 262 g/mol. The molecule has 4 nitrogen and oxygen atoms in total. The van der Waals surface area contributed by atoms with Gasteiger partial charge < -0.3 is 9.47 Å². The normalized spacial score (nSPS) is 10.9. The van der Waals surface area contributed by atoms with E-state index in [4.69, 9.17) is 0 Å². The third-order valence-electron chi connectivity index (χ3n) is 1.82. The molecule has 1 rings (SSSR count). The Morgan fingerprint density at radius 2 is 1.89 bits per heavy atom. The molecular formula is C11H11F3NO3. The lowest BCUT2D eigenvalue weighted by Gasteiger charge is -2.09. The summed E-state index contributed by atoms with van der Waals surface area (Å²) in [5.74, 6) is -0.317. The molecule has 0 bridgehead atoms. The molecule has 0 saturated carbocycles. The second-order valence-corrected chi connectivity index (χ2v) is 3.21. The van der Waals surface area contributed by atoms with Gasteiger partial charge in [-0.3, -0.25) is 0 Å². The number of carbonyl (C=O) groups excluding carboxylic acids is 1. The van der Waals surface area contributed by atoms with Crippen LogP contribution in [0.3, 0.4) is 0 Å². The lowest BCUT2D eigenvalue weighted by molar-refractivity contribution is -0.274. The molecule has 0 aliphatic carbocycles. The smallest absolute Gasteiger partial charge is 0.448 e. The summed E-state index contributed by atoms with van der Waals surface area (Å²) in [6, 6.07) is 5.10. The van der Waals surface area contributed by atoms with Crippen molar-refractivity contribution in [3.05, 3.63) is 29.8 Å². The van der Waals surface area contributed by atoms with E-state index >= 15 is 0 Å². The van der Waals surface area contributed by atoms with Crippen LogP contribution < -0.4 is 10.1 Å². The van der Waals surface area contributed by atoms with E-state index in [2.05, 4.69) is 14.8 Å². The predicted octanol–water partition coefficient (Wildman–Crippen LogP) is 2.85. The van der Waals surface area contributed by atoms with Crippen molar-refractivity contribution in [3.63, 3.8) is 0 Å². The summed E-state index contributed by atoms with van der Waals surface area (Å²) >= 11 is 0. The van der Waals surface area contributed by atoms with Crippen LogP contribution in [0.1, 0.15) is 12.5 Å². The van der Waals surface area contributed by atoms with Gasteiger partial charge in [-0.25, -0.2) is 10.1 Å². The average molecular weight is 262 g/mol. The van der Waals surface area contributed by atoms with Gasteiger partial charge in [-0.1, -0.05) is 12.1 Å². The molecular weight excluding hydrogens is 251 g/mol. The Bertz CT molecular complexity index is 390. The van der Waals surface area contributed by atoms with Crippen LogP contribution >= 0.6 is 0 Å². The van der Waals surface area contributed by atoms with Crippen LogP contribution in [0.15, 0.2) is 24.3 Å². The second kappa shape index (κ2) is 6.13.